The van der Waals surface area contributed by atoms with Gasteiger partial charge in [0.2, 0.25) is 5.88 Å². The molecule has 0 fully saturated rings. The molecule has 0 saturated carbocycles. The zero-order valence-electron chi connectivity index (χ0n) is 8.65. The third-order valence-corrected chi connectivity index (χ3v) is 2.55. The second kappa shape index (κ2) is 5.23. The Morgan fingerprint density at radius 2 is 1.82 bits per heavy atom. The van der Waals surface area contributed by atoms with Crippen molar-refractivity contribution in [1.29, 1.82) is 0 Å². The summed E-state index contributed by atoms with van der Waals surface area (Å²) in [6.07, 6.45) is 0. The van der Waals surface area contributed by atoms with E-state index in [0.717, 1.165) is 0 Å². The van der Waals surface area contributed by atoms with Crippen molar-refractivity contribution in [2.24, 2.45) is 5.84 Å². The van der Waals surface area contributed by atoms with E-state index in [9.17, 15) is 0 Å². The van der Waals surface area contributed by atoms with E-state index in [1.807, 2.05) is 18.2 Å². The molecule has 0 spiro atoms. The summed E-state index contributed by atoms with van der Waals surface area (Å²) < 4.78 is 5.51. The molecule has 1 aromatic carbocycles. The van der Waals surface area contributed by atoms with E-state index in [2.05, 4.69) is 10.4 Å². The van der Waals surface area contributed by atoms with Gasteiger partial charge in [-0.1, -0.05) is 41.4 Å². The number of anilines is 1. The number of pyridine rings is 1. The molecule has 6 heteroatoms. The fourth-order valence-electron chi connectivity index (χ4n) is 1.22. The van der Waals surface area contributed by atoms with E-state index in [4.69, 9.17) is 33.8 Å². The first-order chi connectivity index (χ1) is 8.20. The predicted molar refractivity (Wildman–Crippen MR) is 68.6 cm³/mol. The van der Waals surface area contributed by atoms with Crippen LogP contribution in [0.15, 0.2) is 36.4 Å². The number of hydrogen-bond acceptors (Lipinski definition) is 4. The molecule has 0 amide bonds. The summed E-state index contributed by atoms with van der Waals surface area (Å²) in [5.74, 6) is 6.45. The zero-order chi connectivity index (χ0) is 12.3. The van der Waals surface area contributed by atoms with E-state index < -0.39 is 0 Å². The van der Waals surface area contributed by atoms with Crippen molar-refractivity contribution in [3.05, 3.63) is 46.4 Å². The Labute approximate surface area is 108 Å². The number of nitrogen functional groups attached to an aromatic ring is 1. The SMILES string of the molecule is NNc1nc(Oc2ccccc2)c(Cl)cc1Cl. The number of hydrogen-bond donors (Lipinski definition) is 2. The van der Waals surface area contributed by atoms with E-state index in [1.165, 1.54) is 6.07 Å². The lowest BCUT2D eigenvalue weighted by Gasteiger charge is -2.09. The first-order valence-electron chi connectivity index (χ1n) is 4.76. The molecule has 0 aliphatic heterocycles. The molecule has 2 rings (SSSR count). The molecule has 0 saturated heterocycles. The standard InChI is InChI=1S/C11H9Cl2N3O/c12-8-6-9(13)11(15-10(8)16-14)17-7-4-2-1-3-5-7/h1-6H,14H2,(H,15,16). The first-order valence-corrected chi connectivity index (χ1v) is 5.52. The van der Waals surface area contributed by atoms with Gasteiger partial charge in [0.15, 0.2) is 5.82 Å². The monoisotopic (exact) mass is 269 g/mol. The van der Waals surface area contributed by atoms with Gasteiger partial charge in [0.05, 0.1) is 5.02 Å². The van der Waals surface area contributed by atoms with Crippen LogP contribution in [0.25, 0.3) is 0 Å². The van der Waals surface area contributed by atoms with Crippen LogP contribution in [0.4, 0.5) is 5.82 Å². The van der Waals surface area contributed by atoms with Gasteiger partial charge in [-0.3, -0.25) is 0 Å². The number of halogens is 2. The van der Waals surface area contributed by atoms with E-state index in [-0.39, 0.29) is 5.88 Å². The smallest absolute Gasteiger partial charge is 0.240 e. The van der Waals surface area contributed by atoms with Gasteiger partial charge >= 0.3 is 0 Å². The lowest BCUT2D eigenvalue weighted by molar-refractivity contribution is 0.464. The molecule has 3 N–H and O–H groups in total. The van der Waals surface area contributed by atoms with Crippen LogP contribution >= 0.6 is 23.2 Å². The highest BCUT2D eigenvalue weighted by Crippen LogP contribution is 2.32. The number of hydrazine groups is 1. The second-order valence-electron chi connectivity index (χ2n) is 3.17. The molecule has 17 heavy (non-hydrogen) atoms. The van der Waals surface area contributed by atoms with Gasteiger partial charge in [-0.15, -0.1) is 0 Å². The number of aromatic nitrogens is 1. The van der Waals surface area contributed by atoms with Crippen LogP contribution in [0, 0.1) is 0 Å². The van der Waals surface area contributed by atoms with Crippen molar-refractivity contribution in [2.75, 3.05) is 5.43 Å². The van der Waals surface area contributed by atoms with Crippen LogP contribution in [0.5, 0.6) is 11.6 Å². The lowest BCUT2D eigenvalue weighted by atomic mass is 10.3. The third kappa shape index (κ3) is 2.79. The summed E-state index contributed by atoms with van der Waals surface area (Å²) in [6.45, 7) is 0. The molecule has 0 radical (unpaired) electrons. The van der Waals surface area contributed by atoms with Gasteiger partial charge in [-0.25, -0.2) is 5.84 Å². The predicted octanol–water partition coefficient (Wildman–Crippen LogP) is 3.47. The number of nitrogens with one attached hydrogen (secondary N) is 1. The molecule has 0 unspecified atom stereocenters. The normalized spacial score (nSPS) is 10.1. The number of nitrogens with two attached hydrogens (primary N) is 1. The average Bonchev–Trinajstić information content (AvgIpc) is 2.34. The highest BCUT2D eigenvalue weighted by atomic mass is 35.5. The Balaban J connectivity index is 2.33. The van der Waals surface area contributed by atoms with Crippen LogP contribution < -0.4 is 16.0 Å². The maximum absolute atomic E-state index is 5.97. The van der Waals surface area contributed by atoms with Crippen molar-refractivity contribution < 1.29 is 4.74 Å². The molecule has 0 atom stereocenters. The van der Waals surface area contributed by atoms with Crippen molar-refractivity contribution >= 4 is 29.0 Å². The van der Waals surface area contributed by atoms with Gasteiger partial charge < -0.3 is 10.2 Å². The van der Waals surface area contributed by atoms with E-state index >= 15 is 0 Å². The van der Waals surface area contributed by atoms with Crippen molar-refractivity contribution in [3.63, 3.8) is 0 Å². The average molecular weight is 270 g/mol. The van der Waals surface area contributed by atoms with E-state index in [1.54, 1.807) is 12.1 Å². The Morgan fingerprint density at radius 1 is 1.12 bits per heavy atom. The molecule has 1 heterocycles. The minimum absolute atomic E-state index is 0.246. The molecule has 0 bridgehead atoms. The summed E-state index contributed by atoms with van der Waals surface area (Å²) in [5.41, 5.74) is 2.37. The maximum atomic E-state index is 5.97. The lowest BCUT2D eigenvalue weighted by Crippen LogP contribution is -2.09. The third-order valence-electron chi connectivity index (χ3n) is 1.99. The minimum Gasteiger partial charge on any atom is -0.437 e. The van der Waals surface area contributed by atoms with Gasteiger partial charge in [0.25, 0.3) is 0 Å². The van der Waals surface area contributed by atoms with Crippen LogP contribution in [-0.4, -0.2) is 4.98 Å². The highest BCUT2D eigenvalue weighted by molar-refractivity contribution is 6.36. The number of para-hydroxylation sites is 1. The summed E-state index contributed by atoms with van der Waals surface area (Å²) in [7, 11) is 0. The van der Waals surface area contributed by atoms with Gasteiger partial charge in [0.1, 0.15) is 10.8 Å². The minimum atomic E-state index is 0.246. The number of nitrogens with zero attached hydrogens (tertiary/aromatic N) is 1. The molecular formula is C11H9Cl2N3O. The Morgan fingerprint density at radius 3 is 2.47 bits per heavy atom. The van der Waals surface area contributed by atoms with Gasteiger partial charge in [-0.2, -0.15) is 4.98 Å². The molecule has 4 nitrogen and oxygen atoms in total. The molecule has 2 aromatic rings. The molecule has 88 valence electrons. The Bertz CT molecular complexity index is 520. The topological polar surface area (TPSA) is 60.2 Å². The van der Waals surface area contributed by atoms with Crippen LogP contribution in [0.2, 0.25) is 10.0 Å². The number of rotatable bonds is 3. The number of benzene rings is 1. The summed E-state index contributed by atoms with van der Waals surface area (Å²) in [4.78, 5) is 4.06. The fourth-order valence-corrected chi connectivity index (χ4v) is 1.67. The number of ether oxygens (including phenoxy) is 1. The maximum Gasteiger partial charge on any atom is 0.240 e. The molecule has 0 aliphatic carbocycles. The quantitative estimate of drug-likeness (QED) is 0.662. The summed E-state index contributed by atoms with van der Waals surface area (Å²) in [5, 5.41) is 0.649. The van der Waals surface area contributed by atoms with Crippen LogP contribution in [-0.2, 0) is 0 Å². The van der Waals surface area contributed by atoms with Crippen LogP contribution in [0.3, 0.4) is 0 Å². The molecular weight excluding hydrogens is 261 g/mol. The Kier molecular flexibility index (Phi) is 3.68. The summed E-state index contributed by atoms with van der Waals surface area (Å²) >= 11 is 11.8. The molecule has 1 aromatic heterocycles. The van der Waals surface area contributed by atoms with Crippen molar-refractivity contribution in [2.45, 2.75) is 0 Å². The van der Waals surface area contributed by atoms with Crippen LogP contribution in [0.1, 0.15) is 0 Å². The fraction of sp³-hybridized carbons (Fsp3) is 0. The summed E-state index contributed by atoms with van der Waals surface area (Å²) in [6, 6.07) is 10.7. The van der Waals surface area contributed by atoms with Crippen molar-refractivity contribution in [3.8, 4) is 11.6 Å². The van der Waals surface area contributed by atoms with Gasteiger partial charge in [-0.05, 0) is 18.2 Å². The van der Waals surface area contributed by atoms with Crippen molar-refractivity contribution in [1.82, 2.24) is 4.98 Å². The van der Waals surface area contributed by atoms with Gasteiger partial charge in [0, 0.05) is 0 Å². The first kappa shape index (κ1) is 12.0. The van der Waals surface area contributed by atoms with E-state index in [0.29, 0.717) is 21.6 Å². The Hall–Kier alpha value is -1.49. The largest absolute Gasteiger partial charge is 0.437 e. The zero-order valence-corrected chi connectivity index (χ0v) is 10.2. The molecule has 0 aliphatic rings. The second-order valence-corrected chi connectivity index (χ2v) is 3.98. The highest BCUT2D eigenvalue weighted by Gasteiger charge is 2.10.